The zero-order chi connectivity index (χ0) is 12.5. The van der Waals surface area contributed by atoms with Crippen LogP contribution in [0.1, 0.15) is 18.4 Å². The second-order valence-electron chi connectivity index (χ2n) is 4.12. The van der Waals surface area contributed by atoms with Crippen molar-refractivity contribution >= 4 is 0 Å². The first-order valence-electron chi connectivity index (χ1n) is 5.31. The Balaban J connectivity index is 2.41. The van der Waals surface area contributed by atoms with Crippen molar-refractivity contribution in [2.24, 2.45) is 5.92 Å². The van der Waals surface area contributed by atoms with Gasteiger partial charge in [-0.25, -0.2) is 0 Å². The Morgan fingerprint density at radius 3 is 2.18 bits per heavy atom. The molecule has 1 aromatic carbocycles. The third-order valence-corrected chi connectivity index (χ3v) is 2.64. The molecule has 1 N–H and O–H groups in total. The highest BCUT2D eigenvalue weighted by Gasteiger charge is 2.54. The van der Waals surface area contributed by atoms with E-state index in [1.165, 1.54) is 24.3 Å². The molecule has 0 aromatic heterocycles. The minimum Gasteiger partial charge on any atom is -0.366 e. The van der Waals surface area contributed by atoms with E-state index in [0.717, 1.165) is 12.8 Å². The van der Waals surface area contributed by atoms with Gasteiger partial charge >= 0.3 is 6.18 Å². The lowest BCUT2D eigenvalue weighted by Gasteiger charge is -2.25. The Morgan fingerprint density at radius 1 is 1.12 bits per heavy atom. The highest BCUT2D eigenvalue weighted by atomic mass is 19.4. The number of halogens is 3. The molecule has 1 aromatic rings. The Labute approximate surface area is 97.3 Å². The van der Waals surface area contributed by atoms with Crippen molar-refractivity contribution in [3.05, 3.63) is 35.9 Å². The van der Waals surface area contributed by atoms with Gasteiger partial charge in [-0.1, -0.05) is 42.2 Å². The fourth-order valence-electron chi connectivity index (χ4n) is 1.42. The van der Waals surface area contributed by atoms with E-state index in [4.69, 9.17) is 0 Å². The van der Waals surface area contributed by atoms with Crippen molar-refractivity contribution in [1.82, 2.24) is 0 Å². The summed E-state index contributed by atoms with van der Waals surface area (Å²) < 4.78 is 38.7. The molecule has 1 aliphatic carbocycles. The van der Waals surface area contributed by atoms with Gasteiger partial charge in [0.2, 0.25) is 5.60 Å². The van der Waals surface area contributed by atoms with Crippen molar-refractivity contribution in [2.45, 2.75) is 24.6 Å². The number of hydrogen-bond acceptors (Lipinski definition) is 1. The molecule has 0 radical (unpaired) electrons. The first kappa shape index (κ1) is 12.0. The smallest absolute Gasteiger partial charge is 0.366 e. The van der Waals surface area contributed by atoms with E-state index in [2.05, 4.69) is 5.92 Å². The van der Waals surface area contributed by atoms with Crippen molar-refractivity contribution in [3.63, 3.8) is 0 Å². The van der Waals surface area contributed by atoms with Crippen LogP contribution in [-0.2, 0) is 5.60 Å². The van der Waals surface area contributed by atoms with Crippen LogP contribution >= 0.6 is 0 Å². The van der Waals surface area contributed by atoms with Gasteiger partial charge in [-0.05, 0) is 12.8 Å². The molecule has 1 aliphatic rings. The molecule has 0 unspecified atom stereocenters. The molecule has 2 rings (SSSR count). The standard InChI is InChI=1S/C13H11F3O/c14-13(15,16)12(17,9-8-10-6-7-10)11-4-2-1-3-5-11/h1-5,10,17H,6-7H2/t12-/m1/s1. The summed E-state index contributed by atoms with van der Waals surface area (Å²) in [5.74, 6) is 4.48. The lowest BCUT2D eigenvalue weighted by Crippen LogP contribution is -2.41. The van der Waals surface area contributed by atoms with Crippen LogP contribution < -0.4 is 0 Å². The average Bonchev–Trinajstić information content (AvgIpc) is 3.09. The summed E-state index contributed by atoms with van der Waals surface area (Å²) in [6.45, 7) is 0. The summed E-state index contributed by atoms with van der Waals surface area (Å²) in [6, 6.07) is 6.95. The van der Waals surface area contributed by atoms with Crippen LogP contribution in [0.25, 0.3) is 0 Å². The zero-order valence-electron chi connectivity index (χ0n) is 8.96. The SMILES string of the molecule is O[C@](C#CC1CC1)(c1ccccc1)C(F)(F)F. The van der Waals surface area contributed by atoms with E-state index >= 15 is 0 Å². The summed E-state index contributed by atoms with van der Waals surface area (Å²) in [6.07, 6.45) is -3.16. The molecule has 1 fully saturated rings. The van der Waals surface area contributed by atoms with E-state index < -0.39 is 11.8 Å². The fraction of sp³-hybridized carbons (Fsp3) is 0.385. The third kappa shape index (κ3) is 2.45. The molecule has 17 heavy (non-hydrogen) atoms. The molecule has 1 saturated carbocycles. The van der Waals surface area contributed by atoms with Crippen LogP contribution in [-0.4, -0.2) is 11.3 Å². The first-order valence-corrected chi connectivity index (χ1v) is 5.31. The van der Waals surface area contributed by atoms with Gasteiger partial charge in [0.15, 0.2) is 0 Å². The second kappa shape index (κ2) is 4.08. The van der Waals surface area contributed by atoms with Gasteiger partial charge in [0, 0.05) is 11.5 Å². The summed E-state index contributed by atoms with van der Waals surface area (Å²) in [4.78, 5) is 0. The molecular weight excluding hydrogens is 229 g/mol. The summed E-state index contributed by atoms with van der Waals surface area (Å²) >= 11 is 0. The number of aliphatic hydroxyl groups is 1. The van der Waals surface area contributed by atoms with Crippen LogP contribution in [0.3, 0.4) is 0 Å². The van der Waals surface area contributed by atoms with Gasteiger partial charge in [0.1, 0.15) is 0 Å². The minimum atomic E-state index is -4.80. The molecule has 90 valence electrons. The average molecular weight is 240 g/mol. The van der Waals surface area contributed by atoms with Crippen LogP contribution in [0.15, 0.2) is 30.3 Å². The Morgan fingerprint density at radius 2 is 1.71 bits per heavy atom. The summed E-state index contributed by atoms with van der Waals surface area (Å²) in [5.41, 5.74) is -3.29. The van der Waals surface area contributed by atoms with Gasteiger partial charge in [-0.15, -0.1) is 0 Å². The predicted molar refractivity (Wildman–Crippen MR) is 56.9 cm³/mol. The van der Waals surface area contributed by atoms with Crippen LogP contribution in [0.5, 0.6) is 0 Å². The van der Waals surface area contributed by atoms with E-state index in [1.807, 2.05) is 5.92 Å². The lowest BCUT2D eigenvalue weighted by atomic mass is 9.93. The molecule has 0 spiro atoms. The largest absolute Gasteiger partial charge is 0.433 e. The number of alkyl halides is 3. The Kier molecular flexibility index (Phi) is 2.88. The highest BCUT2D eigenvalue weighted by Crippen LogP contribution is 2.39. The normalized spacial score (nSPS) is 19.1. The first-order chi connectivity index (χ1) is 7.93. The van der Waals surface area contributed by atoms with Gasteiger partial charge in [0.25, 0.3) is 0 Å². The monoisotopic (exact) mass is 240 g/mol. The minimum absolute atomic E-state index is 0.00703. The summed E-state index contributed by atoms with van der Waals surface area (Å²) in [7, 11) is 0. The predicted octanol–water partition coefficient (Wildman–Crippen LogP) is 2.85. The molecular formula is C13H11F3O. The maximum atomic E-state index is 12.9. The number of hydrogen-bond donors (Lipinski definition) is 1. The van der Waals surface area contributed by atoms with Crippen LogP contribution in [0, 0.1) is 17.8 Å². The van der Waals surface area contributed by atoms with Crippen molar-refractivity contribution in [3.8, 4) is 11.8 Å². The van der Waals surface area contributed by atoms with E-state index in [-0.39, 0.29) is 11.5 Å². The molecule has 0 heterocycles. The summed E-state index contributed by atoms with van der Waals surface area (Å²) in [5, 5.41) is 9.80. The van der Waals surface area contributed by atoms with Crippen molar-refractivity contribution < 1.29 is 18.3 Å². The number of benzene rings is 1. The molecule has 0 bridgehead atoms. The fourth-order valence-corrected chi connectivity index (χ4v) is 1.42. The quantitative estimate of drug-likeness (QED) is 0.748. The van der Waals surface area contributed by atoms with Gasteiger partial charge in [0.05, 0.1) is 0 Å². The molecule has 0 aliphatic heterocycles. The van der Waals surface area contributed by atoms with Gasteiger partial charge in [-0.2, -0.15) is 13.2 Å². The van der Waals surface area contributed by atoms with Gasteiger partial charge < -0.3 is 5.11 Å². The zero-order valence-corrected chi connectivity index (χ0v) is 8.96. The topological polar surface area (TPSA) is 20.2 Å². The molecule has 1 atom stereocenters. The van der Waals surface area contributed by atoms with E-state index in [9.17, 15) is 18.3 Å². The van der Waals surface area contributed by atoms with E-state index in [0.29, 0.717) is 0 Å². The van der Waals surface area contributed by atoms with Crippen LogP contribution in [0.4, 0.5) is 13.2 Å². The maximum Gasteiger partial charge on any atom is 0.433 e. The van der Waals surface area contributed by atoms with Crippen LogP contribution in [0.2, 0.25) is 0 Å². The lowest BCUT2D eigenvalue weighted by molar-refractivity contribution is -0.240. The third-order valence-electron chi connectivity index (χ3n) is 2.64. The number of rotatable bonds is 1. The van der Waals surface area contributed by atoms with Gasteiger partial charge in [-0.3, -0.25) is 0 Å². The highest BCUT2D eigenvalue weighted by molar-refractivity contribution is 5.34. The molecule has 4 heteroatoms. The Bertz CT molecular complexity index is 451. The molecule has 1 nitrogen and oxygen atoms in total. The Hall–Kier alpha value is -1.47. The maximum absolute atomic E-state index is 12.9. The second-order valence-corrected chi connectivity index (χ2v) is 4.12. The van der Waals surface area contributed by atoms with Crippen molar-refractivity contribution in [1.29, 1.82) is 0 Å². The molecule has 0 amide bonds. The van der Waals surface area contributed by atoms with Crippen molar-refractivity contribution in [2.75, 3.05) is 0 Å². The molecule has 0 saturated heterocycles. The van der Waals surface area contributed by atoms with E-state index in [1.54, 1.807) is 6.07 Å².